The summed E-state index contributed by atoms with van der Waals surface area (Å²) in [6.45, 7) is 0.100. The monoisotopic (exact) mass is 251 g/mol. The van der Waals surface area contributed by atoms with Crippen LogP contribution in [0.5, 0.6) is 0 Å². The standard InChI is InChI=1S/C12H14FN3O2/c1-14-6-12(18)16-10-5-9-7(4-8(10)13)2-3-11(17)15-9/h4-5,14H,2-3,6H2,1H3,(H,15,17)(H,16,18). The maximum absolute atomic E-state index is 13.7. The summed E-state index contributed by atoms with van der Waals surface area (Å²) in [5, 5.41) is 7.78. The zero-order valence-electron chi connectivity index (χ0n) is 9.97. The van der Waals surface area contributed by atoms with Gasteiger partial charge >= 0.3 is 0 Å². The van der Waals surface area contributed by atoms with Gasteiger partial charge < -0.3 is 16.0 Å². The molecule has 2 rings (SSSR count). The van der Waals surface area contributed by atoms with Gasteiger partial charge in [-0.1, -0.05) is 0 Å². The summed E-state index contributed by atoms with van der Waals surface area (Å²) in [7, 11) is 1.63. The van der Waals surface area contributed by atoms with Gasteiger partial charge in [0.15, 0.2) is 0 Å². The largest absolute Gasteiger partial charge is 0.326 e. The third-order valence-electron chi connectivity index (χ3n) is 2.70. The molecule has 18 heavy (non-hydrogen) atoms. The molecule has 0 aliphatic carbocycles. The summed E-state index contributed by atoms with van der Waals surface area (Å²) >= 11 is 0. The number of anilines is 2. The molecule has 1 aliphatic heterocycles. The van der Waals surface area contributed by atoms with Gasteiger partial charge in [-0.25, -0.2) is 4.39 Å². The SMILES string of the molecule is CNCC(=O)Nc1cc2c(cc1F)CCC(=O)N2. The van der Waals surface area contributed by atoms with E-state index in [1.54, 1.807) is 7.05 Å². The fourth-order valence-electron chi connectivity index (χ4n) is 1.85. The molecule has 1 heterocycles. The minimum absolute atomic E-state index is 0.0798. The Balaban J connectivity index is 2.24. The van der Waals surface area contributed by atoms with Crippen molar-refractivity contribution in [2.75, 3.05) is 24.2 Å². The number of carbonyl (C=O) groups is 2. The molecule has 0 saturated carbocycles. The van der Waals surface area contributed by atoms with Gasteiger partial charge in [0.05, 0.1) is 12.2 Å². The van der Waals surface area contributed by atoms with Crippen LogP contribution in [0.4, 0.5) is 15.8 Å². The molecule has 96 valence electrons. The predicted molar refractivity (Wildman–Crippen MR) is 65.9 cm³/mol. The first-order valence-electron chi connectivity index (χ1n) is 5.67. The molecule has 0 aromatic heterocycles. The summed E-state index contributed by atoms with van der Waals surface area (Å²) in [5.41, 5.74) is 1.39. The third kappa shape index (κ3) is 2.65. The zero-order valence-corrected chi connectivity index (χ0v) is 9.97. The number of benzene rings is 1. The van der Waals surface area contributed by atoms with E-state index in [0.717, 1.165) is 5.56 Å². The topological polar surface area (TPSA) is 70.2 Å². The minimum Gasteiger partial charge on any atom is -0.326 e. The zero-order chi connectivity index (χ0) is 13.1. The van der Waals surface area contributed by atoms with Crippen molar-refractivity contribution in [1.82, 2.24) is 5.32 Å². The van der Waals surface area contributed by atoms with E-state index in [1.165, 1.54) is 12.1 Å². The Labute approximate surface area is 104 Å². The quantitative estimate of drug-likeness (QED) is 0.746. The molecule has 1 aromatic carbocycles. The predicted octanol–water partition coefficient (Wildman–Crippen LogP) is 0.868. The lowest BCUT2D eigenvalue weighted by molar-refractivity contribution is -0.116. The first-order valence-corrected chi connectivity index (χ1v) is 5.67. The molecule has 0 fully saturated rings. The van der Waals surface area contributed by atoms with E-state index in [-0.39, 0.29) is 24.0 Å². The highest BCUT2D eigenvalue weighted by Crippen LogP contribution is 2.28. The smallest absolute Gasteiger partial charge is 0.238 e. The summed E-state index contributed by atoms with van der Waals surface area (Å²) in [6.07, 6.45) is 0.876. The summed E-state index contributed by atoms with van der Waals surface area (Å²) in [5.74, 6) is -0.922. The molecule has 0 saturated heterocycles. The van der Waals surface area contributed by atoms with Gasteiger partial charge in [-0.3, -0.25) is 9.59 Å². The Kier molecular flexibility index (Phi) is 3.57. The van der Waals surface area contributed by atoms with Gasteiger partial charge in [0, 0.05) is 12.1 Å². The average Bonchev–Trinajstić information content (AvgIpc) is 2.31. The number of hydrogen-bond donors (Lipinski definition) is 3. The fraction of sp³-hybridized carbons (Fsp3) is 0.333. The van der Waals surface area contributed by atoms with Gasteiger partial charge in [-0.15, -0.1) is 0 Å². The molecule has 1 aromatic rings. The van der Waals surface area contributed by atoms with Crippen molar-refractivity contribution in [2.24, 2.45) is 0 Å². The van der Waals surface area contributed by atoms with Crippen molar-refractivity contribution < 1.29 is 14.0 Å². The van der Waals surface area contributed by atoms with Crippen molar-refractivity contribution in [1.29, 1.82) is 0 Å². The number of halogens is 1. The van der Waals surface area contributed by atoms with Crippen molar-refractivity contribution in [3.05, 3.63) is 23.5 Å². The van der Waals surface area contributed by atoms with Crippen LogP contribution in [-0.2, 0) is 16.0 Å². The highest BCUT2D eigenvalue weighted by molar-refractivity contribution is 5.97. The van der Waals surface area contributed by atoms with E-state index in [1.807, 2.05) is 0 Å². The molecular formula is C12H14FN3O2. The maximum Gasteiger partial charge on any atom is 0.238 e. The number of aryl methyl sites for hydroxylation is 1. The van der Waals surface area contributed by atoms with Gasteiger partial charge in [0.2, 0.25) is 11.8 Å². The summed E-state index contributed by atoms with van der Waals surface area (Å²) in [6, 6.07) is 2.80. The van der Waals surface area contributed by atoms with Crippen LogP contribution in [0.1, 0.15) is 12.0 Å². The maximum atomic E-state index is 13.7. The number of hydrogen-bond acceptors (Lipinski definition) is 3. The Morgan fingerprint density at radius 3 is 2.94 bits per heavy atom. The molecule has 0 atom stereocenters. The van der Waals surface area contributed by atoms with Gasteiger partial charge in [-0.05, 0) is 31.2 Å². The first-order chi connectivity index (χ1) is 8.60. The molecule has 6 heteroatoms. The summed E-state index contributed by atoms with van der Waals surface area (Å²) in [4.78, 5) is 22.6. The van der Waals surface area contributed by atoms with Crippen LogP contribution in [-0.4, -0.2) is 25.4 Å². The van der Waals surface area contributed by atoms with Crippen LogP contribution < -0.4 is 16.0 Å². The van der Waals surface area contributed by atoms with Crippen LogP contribution in [0.25, 0.3) is 0 Å². The first kappa shape index (κ1) is 12.5. The molecule has 3 N–H and O–H groups in total. The third-order valence-corrected chi connectivity index (χ3v) is 2.70. The van der Waals surface area contributed by atoms with Gasteiger partial charge in [0.25, 0.3) is 0 Å². The molecule has 1 aliphatic rings. The average molecular weight is 251 g/mol. The van der Waals surface area contributed by atoms with Crippen molar-refractivity contribution >= 4 is 23.2 Å². The van der Waals surface area contributed by atoms with Crippen LogP contribution in [0.2, 0.25) is 0 Å². The van der Waals surface area contributed by atoms with E-state index in [9.17, 15) is 14.0 Å². The molecule has 0 spiro atoms. The number of amides is 2. The highest BCUT2D eigenvalue weighted by atomic mass is 19.1. The fourth-order valence-corrected chi connectivity index (χ4v) is 1.85. The molecule has 0 bridgehead atoms. The lowest BCUT2D eigenvalue weighted by Gasteiger charge is -2.18. The van der Waals surface area contributed by atoms with Gasteiger partial charge in [-0.2, -0.15) is 0 Å². The van der Waals surface area contributed by atoms with Crippen molar-refractivity contribution in [2.45, 2.75) is 12.8 Å². The lowest BCUT2D eigenvalue weighted by atomic mass is 10.0. The Morgan fingerprint density at radius 2 is 2.22 bits per heavy atom. The molecule has 2 amide bonds. The second-order valence-corrected chi connectivity index (χ2v) is 4.12. The van der Waals surface area contributed by atoms with Crippen LogP contribution in [0.3, 0.4) is 0 Å². The molecule has 0 radical (unpaired) electrons. The molecule has 0 unspecified atom stereocenters. The minimum atomic E-state index is -0.491. The van der Waals surface area contributed by atoms with E-state index in [4.69, 9.17) is 0 Å². The Bertz CT molecular complexity index is 502. The van der Waals surface area contributed by atoms with Crippen molar-refractivity contribution in [3.8, 4) is 0 Å². The van der Waals surface area contributed by atoms with Crippen LogP contribution in [0, 0.1) is 5.82 Å². The number of carbonyl (C=O) groups excluding carboxylic acids is 2. The molecule has 5 nitrogen and oxygen atoms in total. The van der Waals surface area contributed by atoms with E-state index in [2.05, 4.69) is 16.0 Å². The number of likely N-dealkylation sites (N-methyl/N-ethyl adjacent to an activating group) is 1. The van der Waals surface area contributed by atoms with Crippen LogP contribution >= 0.6 is 0 Å². The number of nitrogens with one attached hydrogen (secondary N) is 3. The van der Waals surface area contributed by atoms with E-state index >= 15 is 0 Å². The van der Waals surface area contributed by atoms with E-state index < -0.39 is 5.82 Å². The normalized spacial score (nSPS) is 13.8. The number of rotatable bonds is 3. The second-order valence-electron chi connectivity index (χ2n) is 4.12. The van der Waals surface area contributed by atoms with Crippen molar-refractivity contribution in [3.63, 3.8) is 0 Å². The number of fused-ring (bicyclic) bond motifs is 1. The van der Waals surface area contributed by atoms with E-state index in [0.29, 0.717) is 18.5 Å². The Hall–Kier alpha value is -1.95. The summed E-state index contributed by atoms with van der Waals surface area (Å²) < 4.78 is 13.7. The second kappa shape index (κ2) is 5.14. The van der Waals surface area contributed by atoms with Crippen LogP contribution in [0.15, 0.2) is 12.1 Å². The molecular weight excluding hydrogens is 237 g/mol. The lowest BCUT2D eigenvalue weighted by Crippen LogP contribution is -2.26. The van der Waals surface area contributed by atoms with Gasteiger partial charge in [0.1, 0.15) is 5.82 Å². The highest BCUT2D eigenvalue weighted by Gasteiger charge is 2.18. The Morgan fingerprint density at radius 1 is 1.44 bits per heavy atom.